The van der Waals surface area contributed by atoms with Crippen molar-refractivity contribution in [3.8, 4) is 34.4 Å². The van der Waals surface area contributed by atoms with Gasteiger partial charge in [-0.3, -0.25) is 0 Å². The van der Waals surface area contributed by atoms with Gasteiger partial charge < -0.3 is 19.9 Å². The maximum atomic E-state index is 12.5. The Bertz CT molecular complexity index is 1670. The molecule has 0 amide bonds. The highest BCUT2D eigenvalue weighted by Gasteiger charge is 2.20. The Labute approximate surface area is 220 Å². The molecule has 0 unspecified atom stereocenters. The van der Waals surface area contributed by atoms with E-state index in [0.29, 0.717) is 35.0 Å². The van der Waals surface area contributed by atoms with Gasteiger partial charge in [0.25, 0.3) is 0 Å². The zero-order valence-electron chi connectivity index (χ0n) is 20.7. The van der Waals surface area contributed by atoms with Crippen molar-refractivity contribution in [2.24, 2.45) is 0 Å². The molecule has 5 aromatic carbocycles. The van der Waals surface area contributed by atoms with E-state index in [1.807, 2.05) is 66.7 Å². The fourth-order valence-electron chi connectivity index (χ4n) is 4.27. The van der Waals surface area contributed by atoms with Crippen LogP contribution >= 0.6 is 0 Å². The van der Waals surface area contributed by atoms with Crippen LogP contribution in [0.25, 0.3) is 21.9 Å². The van der Waals surface area contributed by atoms with E-state index in [4.69, 9.17) is 19.9 Å². The molecule has 0 saturated heterocycles. The Morgan fingerprint density at radius 1 is 0.842 bits per heavy atom. The van der Waals surface area contributed by atoms with Gasteiger partial charge in [0.05, 0.1) is 18.2 Å². The van der Waals surface area contributed by atoms with Crippen LogP contribution in [0.15, 0.2) is 103 Å². The number of nitrogen functional groups attached to an aromatic ring is 1. The number of nitrogens with two attached hydrogens (primary N) is 1. The number of hydrogen-bond donors (Lipinski definition) is 1. The van der Waals surface area contributed by atoms with Crippen molar-refractivity contribution in [1.82, 2.24) is 0 Å². The summed E-state index contributed by atoms with van der Waals surface area (Å²) in [7, 11) is 1.29. The number of nitrogens with zero attached hydrogens (tertiary/aromatic N) is 1. The molecule has 0 atom stereocenters. The van der Waals surface area contributed by atoms with E-state index in [9.17, 15) is 10.1 Å². The highest BCUT2D eigenvalue weighted by atomic mass is 16.5. The topological polar surface area (TPSA) is 94.6 Å². The largest absolute Gasteiger partial charge is 0.489 e. The van der Waals surface area contributed by atoms with Gasteiger partial charge in [-0.15, -0.1) is 0 Å². The van der Waals surface area contributed by atoms with E-state index >= 15 is 0 Å². The minimum absolute atomic E-state index is 0.168. The first-order valence-electron chi connectivity index (χ1n) is 12.0. The second kappa shape index (κ2) is 10.8. The summed E-state index contributed by atoms with van der Waals surface area (Å²) in [6.07, 6.45) is 0. The summed E-state index contributed by atoms with van der Waals surface area (Å²) >= 11 is 0. The van der Waals surface area contributed by atoms with Crippen LogP contribution in [0.5, 0.6) is 17.2 Å². The van der Waals surface area contributed by atoms with Crippen LogP contribution in [-0.2, 0) is 11.3 Å². The Morgan fingerprint density at radius 3 is 2.37 bits per heavy atom. The standard InChI is InChI=1S/C32H24N2O4/c1-36-32(35)28-18-31(38-30-14-8-6-12-23(30)19-33)27(17-29(28)34)26-16-24(15-22-11-5-7-13-25(22)26)37-20-21-9-3-2-4-10-21/h2-18H,20,34H2,1H3. The zero-order chi connectivity index (χ0) is 26.5. The first-order valence-corrected chi connectivity index (χ1v) is 12.0. The van der Waals surface area contributed by atoms with Gasteiger partial charge in [0.2, 0.25) is 0 Å². The van der Waals surface area contributed by atoms with Gasteiger partial charge in [0.1, 0.15) is 29.9 Å². The summed E-state index contributed by atoms with van der Waals surface area (Å²) in [5.41, 5.74) is 9.60. The van der Waals surface area contributed by atoms with Crippen LogP contribution < -0.4 is 15.2 Å². The van der Waals surface area contributed by atoms with Gasteiger partial charge in [0, 0.05) is 11.3 Å². The van der Waals surface area contributed by atoms with Gasteiger partial charge in [-0.1, -0.05) is 66.7 Å². The molecule has 2 N–H and O–H groups in total. The molecule has 38 heavy (non-hydrogen) atoms. The van der Waals surface area contributed by atoms with Crippen molar-refractivity contribution in [2.75, 3.05) is 12.8 Å². The third kappa shape index (κ3) is 4.99. The number of fused-ring (bicyclic) bond motifs is 1. The van der Waals surface area contributed by atoms with Crippen molar-refractivity contribution in [1.29, 1.82) is 5.26 Å². The normalized spacial score (nSPS) is 10.5. The second-order valence-corrected chi connectivity index (χ2v) is 8.60. The smallest absolute Gasteiger partial charge is 0.340 e. The maximum absolute atomic E-state index is 12.5. The average molecular weight is 501 g/mol. The number of rotatable bonds is 7. The molecule has 0 fully saturated rings. The third-order valence-corrected chi connectivity index (χ3v) is 6.16. The number of carbonyl (C=O) groups is 1. The molecule has 0 radical (unpaired) electrons. The van der Waals surface area contributed by atoms with Gasteiger partial charge >= 0.3 is 5.97 Å². The number of esters is 1. The van der Waals surface area contributed by atoms with Crippen molar-refractivity contribution in [3.05, 3.63) is 120 Å². The van der Waals surface area contributed by atoms with Crippen LogP contribution in [0.3, 0.4) is 0 Å². The number of anilines is 1. The molecule has 0 bridgehead atoms. The van der Waals surface area contributed by atoms with Crippen LogP contribution in [-0.4, -0.2) is 13.1 Å². The minimum atomic E-state index is -0.586. The molecule has 0 aliphatic carbocycles. The zero-order valence-corrected chi connectivity index (χ0v) is 20.7. The lowest BCUT2D eigenvalue weighted by Crippen LogP contribution is -2.07. The summed E-state index contributed by atoms with van der Waals surface area (Å²) in [5.74, 6) is 0.795. The van der Waals surface area contributed by atoms with Crippen LogP contribution in [0.4, 0.5) is 5.69 Å². The summed E-state index contributed by atoms with van der Waals surface area (Å²) in [4.78, 5) is 12.5. The van der Waals surface area contributed by atoms with Crippen molar-refractivity contribution in [3.63, 3.8) is 0 Å². The SMILES string of the molecule is COC(=O)c1cc(Oc2ccccc2C#N)c(-c2cc(OCc3ccccc3)cc3ccccc23)cc1N. The molecule has 0 saturated carbocycles. The van der Waals surface area contributed by atoms with E-state index in [0.717, 1.165) is 21.9 Å². The number of methoxy groups -OCH3 is 1. The Kier molecular flexibility index (Phi) is 6.92. The van der Waals surface area contributed by atoms with Crippen molar-refractivity contribution >= 4 is 22.4 Å². The average Bonchev–Trinajstić information content (AvgIpc) is 2.96. The van der Waals surface area contributed by atoms with Gasteiger partial charge in [0.15, 0.2) is 0 Å². The monoisotopic (exact) mass is 500 g/mol. The molecule has 186 valence electrons. The van der Waals surface area contributed by atoms with E-state index in [1.165, 1.54) is 7.11 Å². The maximum Gasteiger partial charge on any atom is 0.340 e. The lowest BCUT2D eigenvalue weighted by Gasteiger charge is -2.18. The summed E-state index contributed by atoms with van der Waals surface area (Å²) in [5, 5.41) is 11.5. The van der Waals surface area contributed by atoms with E-state index < -0.39 is 5.97 Å². The number of hydrogen-bond acceptors (Lipinski definition) is 6. The fraction of sp³-hybridized carbons (Fsp3) is 0.0625. The molecular formula is C32H24N2O4. The molecule has 0 heterocycles. The number of ether oxygens (including phenoxy) is 3. The van der Waals surface area contributed by atoms with Crippen LogP contribution in [0.2, 0.25) is 0 Å². The van der Waals surface area contributed by atoms with Crippen molar-refractivity contribution < 1.29 is 19.0 Å². The summed E-state index contributed by atoms with van der Waals surface area (Å²) < 4.78 is 17.4. The number of para-hydroxylation sites is 1. The lowest BCUT2D eigenvalue weighted by atomic mass is 9.95. The van der Waals surface area contributed by atoms with Crippen LogP contribution in [0, 0.1) is 11.3 Å². The number of carbonyl (C=O) groups excluding carboxylic acids is 1. The molecule has 0 aromatic heterocycles. The minimum Gasteiger partial charge on any atom is -0.489 e. The van der Waals surface area contributed by atoms with Crippen LogP contribution in [0.1, 0.15) is 21.5 Å². The fourth-order valence-corrected chi connectivity index (χ4v) is 4.27. The first-order chi connectivity index (χ1) is 18.6. The number of benzene rings is 5. The first kappa shape index (κ1) is 24.4. The van der Waals surface area contributed by atoms with E-state index in [-0.39, 0.29) is 11.3 Å². The summed E-state index contributed by atoms with van der Waals surface area (Å²) in [6, 6.07) is 34.1. The van der Waals surface area contributed by atoms with E-state index in [1.54, 1.807) is 36.4 Å². The molecule has 5 aromatic rings. The molecule has 5 rings (SSSR count). The number of nitriles is 1. The van der Waals surface area contributed by atoms with Gasteiger partial charge in [-0.2, -0.15) is 5.26 Å². The lowest BCUT2D eigenvalue weighted by molar-refractivity contribution is 0.0601. The molecule has 0 aliphatic heterocycles. The third-order valence-electron chi connectivity index (χ3n) is 6.16. The summed E-state index contributed by atoms with van der Waals surface area (Å²) in [6.45, 7) is 0.404. The van der Waals surface area contributed by atoms with E-state index in [2.05, 4.69) is 6.07 Å². The predicted molar refractivity (Wildman–Crippen MR) is 147 cm³/mol. The molecule has 6 nitrogen and oxygen atoms in total. The molecular weight excluding hydrogens is 476 g/mol. The Hall–Kier alpha value is -5.28. The Morgan fingerprint density at radius 2 is 1.58 bits per heavy atom. The van der Waals surface area contributed by atoms with Crippen molar-refractivity contribution in [2.45, 2.75) is 6.61 Å². The highest BCUT2D eigenvalue weighted by molar-refractivity contribution is 6.02. The molecule has 0 spiro atoms. The molecule has 6 heteroatoms. The van der Waals surface area contributed by atoms with Gasteiger partial charge in [-0.05, 0) is 58.3 Å². The predicted octanol–water partition coefficient (Wildman–Crippen LogP) is 7.12. The Balaban J connectivity index is 1.68. The highest BCUT2D eigenvalue weighted by Crippen LogP contribution is 2.42. The molecule has 0 aliphatic rings. The van der Waals surface area contributed by atoms with Gasteiger partial charge in [-0.25, -0.2) is 4.79 Å². The second-order valence-electron chi connectivity index (χ2n) is 8.60. The quantitative estimate of drug-likeness (QED) is 0.189.